The van der Waals surface area contributed by atoms with Gasteiger partial charge in [0.05, 0.1) is 17.5 Å². The number of likely N-dealkylation sites (N-methyl/N-ethyl adjacent to an activating group) is 1. The number of carbonyl (C=O) groups excluding carboxylic acids is 2. The number of carbonyl (C=O) groups is 2. The van der Waals surface area contributed by atoms with Crippen molar-refractivity contribution in [2.24, 2.45) is 0 Å². The first-order chi connectivity index (χ1) is 17.5. The second-order valence-electron chi connectivity index (χ2n) is 9.14. The van der Waals surface area contributed by atoms with Crippen molar-refractivity contribution in [2.45, 2.75) is 38.6 Å². The van der Waals surface area contributed by atoms with Crippen LogP contribution in [0.2, 0.25) is 0 Å². The summed E-state index contributed by atoms with van der Waals surface area (Å²) in [6.45, 7) is 3.41. The number of benzene rings is 1. The van der Waals surface area contributed by atoms with Crippen LogP contribution in [0.1, 0.15) is 36.0 Å². The van der Waals surface area contributed by atoms with Gasteiger partial charge in [-0.15, -0.1) is 0 Å². The van der Waals surface area contributed by atoms with E-state index in [2.05, 4.69) is 25.8 Å². The lowest BCUT2D eigenvalue weighted by Gasteiger charge is -2.33. The highest BCUT2D eigenvalue weighted by molar-refractivity contribution is 5.83. The van der Waals surface area contributed by atoms with E-state index < -0.39 is 0 Å². The van der Waals surface area contributed by atoms with E-state index in [1.54, 1.807) is 7.05 Å². The van der Waals surface area contributed by atoms with Crippen LogP contribution in [0.15, 0.2) is 48.5 Å². The molecule has 1 aromatic carbocycles. The Labute approximate surface area is 209 Å². The number of aryl methyl sites for hydroxylation is 1. The van der Waals surface area contributed by atoms with E-state index in [9.17, 15) is 9.59 Å². The van der Waals surface area contributed by atoms with Gasteiger partial charge in [-0.3, -0.25) is 14.7 Å². The number of aromatic nitrogens is 5. The fourth-order valence-electron chi connectivity index (χ4n) is 4.71. The van der Waals surface area contributed by atoms with Crippen LogP contribution in [0.3, 0.4) is 0 Å². The average Bonchev–Trinajstić information content (AvgIpc) is 3.46. The van der Waals surface area contributed by atoms with Crippen molar-refractivity contribution in [3.05, 3.63) is 65.7 Å². The van der Waals surface area contributed by atoms with Crippen molar-refractivity contribution in [3.63, 3.8) is 0 Å². The summed E-state index contributed by atoms with van der Waals surface area (Å²) < 4.78 is 1.87. The standard InChI is InChI=1S/C26H30N8O2/c1-17-13-23(32-31-17)30-22-11-5-9-19(28-22)18-7-6-12-33(15-18)26(36)16-34-21-10-4-3-8-20(21)29-24(34)14-25(35)27-2/h3-5,8-11,13,18H,6-7,12,14-16H2,1-2H3,(H,27,35)(H2,28,30,31,32)/t18-/m1/s1. The number of hydrogen-bond donors (Lipinski definition) is 3. The molecule has 3 aromatic heterocycles. The Bertz CT molecular complexity index is 1390. The van der Waals surface area contributed by atoms with Gasteiger partial charge in [-0.1, -0.05) is 18.2 Å². The Morgan fingerprint density at radius 2 is 1.97 bits per heavy atom. The van der Waals surface area contributed by atoms with E-state index in [1.165, 1.54) is 0 Å². The van der Waals surface area contributed by atoms with Gasteiger partial charge < -0.3 is 20.1 Å². The third kappa shape index (κ3) is 5.07. The molecule has 0 aliphatic carbocycles. The summed E-state index contributed by atoms with van der Waals surface area (Å²) in [5.41, 5.74) is 3.56. The molecule has 2 amide bonds. The summed E-state index contributed by atoms with van der Waals surface area (Å²) in [7, 11) is 1.60. The van der Waals surface area contributed by atoms with Crippen LogP contribution in [0.5, 0.6) is 0 Å². The largest absolute Gasteiger partial charge is 0.359 e. The number of amides is 2. The van der Waals surface area contributed by atoms with Crippen molar-refractivity contribution >= 4 is 34.5 Å². The summed E-state index contributed by atoms with van der Waals surface area (Å²) in [6.07, 6.45) is 2.00. The lowest BCUT2D eigenvalue weighted by molar-refractivity contribution is -0.133. The Kier molecular flexibility index (Phi) is 6.66. The number of para-hydroxylation sites is 2. The SMILES string of the molecule is CNC(=O)Cc1nc2ccccc2n1CC(=O)N1CCC[C@@H](c2cccc(Nc3cc(C)[nH]n3)n2)C1. The molecule has 1 atom stereocenters. The average molecular weight is 487 g/mol. The first-order valence-corrected chi connectivity index (χ1v) is 12.2. The minimum Gasteiger partial charge on any atom is -0.359 e. The number of rotatable bonds is 7. The molecule has 1 aliphatic rings. The van der Waals surface area contributed by atoms with Crippen LogP contribution >= 0.6 is 0 Å². The van der Waals surface area contributed by atoms with Crippen LogP contribution in [-0.4, -0.2) is 61.6 Å². The summed E-state index contributed by atoms with van der Waals surface area (Å²) in [6, 6.07) is 15.5. The van der Waals surface area contributed by atoms with Crippen molar-refractivity contribution in [1.29, 1.82) is 0 Å². The summed E-state index contributed by atoms with van der Waals surface area (Å²) in [4.78, 5) is 36.8. The molecular formula is C26H30N8O2. The fraction of sp³-hybridized carbons (Fsp3) is 0.346. The molecule has 36 heavy (non-hydrogen) atoms. The molecule has 0 spiro atoms. The lowest BCUT2D eigenvalue weighted by atomic mass is 9.94. The first-order valence-electron chi connectivity index (χ1n) is 12.2. The van der Waals surface area contributed by atoms with Gasteiger partial charge in [-0.2, -0.15) is 5.10 Å². The molecule has 186 valence electrons. The summed E-state index contributed by atoms with van der Waals surface area (Å²) >= 11 is 0. The number of H-pyrrole nitrogens is 1. The summed E-state index contributed by atoms with van der Waals surface area (Å²) in [5.74, 6) is 2.06. The molecule has 4 heterocycles. The Hall–Kier alpha value is -4.21. The van der Waals surface area contributed by atoms with Gasteiger partial charge >= 0.3 is 0 Å². The number of imidazole rings is 1. The number of hydrogen-bond acceptors (Lipinski definition) is 6. The Morgan fingerprint density at radius 1 is 1.11 bits per heavy atom. The molecule has 10 nitrogen and oxygen atoms in total. The Balaban J connectivity index is 1.31. The second kappa shape index (κ2) is 10.2. The van der Waals surface area contributed by atoms with E-state index in [-0.39, 0.29) is 30.7 Å². The zero-order valence-electron chi connectivity index (χ0n) is 20.5. The number of fused-ring (bicyclic) bond motifs is 1. The smallest absolute Gasteiger partial charge is 0.242 e. The van der Waals surface area contributed by atoms with Gasteiger partial charge in [0.25, 0.3) is 0 Å². The molecule has 1 saturated heterocycles. The van der Waals surface area contributed by atoms with Gasteiger partial charge in [-0.25, -0.2) is 9.97 Å². The van der Waals surface area contributed by atoms with E-state index in [1.807, 2.05) is 64.9 Å². The predicted octanol–water partition coefficient (Wildman–Crippen LogP) is 2.90. The minimum absolute atomic E-state index is 0.0160. The maximum atomic E-state index is 13.4. The maximum absolute atomic E-state index is 13.4. The number of piperidine rings is 1. The van der Waals surface area contributed by atoms with E-state index in [0.29, 0.717) is 18.9 Å². The van der Waals surface area contributed by atoms with Gasteiger partial charge in [0.15, 0.2) is 5.82 Å². The minimum atomic E-state index is -0.137. The number of anilines is 2. The predicted molar refractivity (Wildman–Crippen MR) is 137 cm³/mol. The van der Waals surface area contributed by atoms with Crippen LogP contribution in [0.25, 0.3) is 11.0 Å². The molecular weight excluding hydrogens is 456 g/mol. The Morgan fingerprint density at radius 3 is 2.78 bits per heavy atom. The number of nitrogens with zero attached hydrogens (tertiary/aromatic N) is 5. The number of nitrogens with one attached hydrogen (secondary N) is 3. The van der Waals surface area contributed by atoms with Crippen molar-refractivity contribution < 1.29 is 9.59 Å². The fourth-order valence-corrected chi connectivity index (χ4v) is 4.71. The molecule has 1 fully saturated rings. The molecule has 0 saturated carbocycles. The van der Waals surface area contributed by atoms with E-state index in [4.69, 9.17) is 4.98 Å². The molecule has 0 radical (unpaired) electrons. The highest BCUT2D eigenvalue weighted by Crippen LogP contribution is 2.27. The van der Waals surface area contributed by atoms with Crippen molar-refractivity contribution in [2.75, 3.05) is 25.5 Å². The first kappa shape index (κ1) is 23.5. The van der Waals surface area contributed by atoms with Crippen LogP contribution in [0, 0.1) is 6.92 Å². The van der Waals surface area contributed by atoms with Gasteiger partial charge in [0, 0.05) is 43.5 Å². The topological polar surface area (TPSA) is 121 Å². The zero-order valence-corrected chi connectivity index (χ0v) is 20.5. The van der Waals surface area contributed by atoms with Gasteiger partial charge in [-0.05, 0) is 44.0 Å². The summed E-state index contributed by atoms with van der Waals surface area (Å²) in [5, 5.41) is 13.0. The molecule has 0 unspecified atom stereocenters. The quantitative estimate of drug-likeness (QED) is 0.369. The molecule has 4 aromatic rings. The van der Waals surface area contributed by atoms with Crippen molar-refractivity contribution in [1.82, 2.24) is 34.9 Å². The van der Waals surface area contributed by atoms with Crippen LogP contribution in [-0.2, 0) is 22.6 Å². The lowest BCUT2D eigenvalue weighted by Crippen LogP contribution is -2.41. The van der Waals surface area contributed by atoms with E-state index in [0.717, 1.165) is 46.9 Å². The zero-order chi connectivity index (χ0) is 25.1. The van der Waals surface area contributed by atoms with E-state index >= 15 is 0 Å². The van der Waals surface area contributed by atoms with Crippen LogP contribution in [0.4, 0.5) is 11.6 Å². The van der Waals surface area contributed by atoms with Gasteiger partial charge in [0.2, 0.25) is 11.8 Å². The third-order valence-electron chi connectivity index (χ3n) is 6.55. The molecule has 5 rings (SSSR count). The molecule has 0 bridgehead atoms. The second-order valence-corrected chi connectivity index (χ2v) is 9.14. The monoisotopic (exact) mass is 486 g/mol. The molecule has 1 aliphatic heterocycles. The number of aromatic amines is 1. The molecule has 10 heteroatoms. The van der Waals surface area contributed by atoms with Crippen molar-refractivity contribution in [3.8, 4) is 0 Å². The highest BCUT2D eigenvalue weighted by Gasteiger charge is 2.27. The van der Waals surface area contributed by atoms with Crippen LogP contribution < -0.4 is 10.6 Å². The maximum Gasteiger partial charge on any atom is 0.242 e. The molecule has 3 N–H and O–H groups in total. The third-order valence-corrected chi connectivity index (χ3v) is 6.55. The number of pyridine rings is 1. The highest BCUT2D eigenvalue weighted by atomic mass is 16.2. The van der Waals surface area contributed by atoms with Gasteiger partial charge in [0.1, 0.15) is 18.2 Å². The number of likely N-dealkylation sites (tertiary alicyclic amines) is 1. The normalized spacial score (nSPS) is 15.7.